The standard InChI is InChI=1S/C41H45F19N2O6Si/c1-21(2)69(22(3)4,17-14-34(44,45)35(46,47)36(48,49)37(50,51)38(52,53)39(54,55)40(56,57)41(58,59)60)67-16-15-66-28-11-8-26(9-12-28)32(25(7)24(6)18-23(5)19-31(63)62-65)68-33(64)61-30-13-10-27(42)20-29(30)43/h8-13,18-22,25,32,65H,14-17H2,1-7H3,(H,61,64)(H,62,63)/b23-19+,24-18+/t25-,32-/m1/s1. The molecule has 2 aromatic carbocycles. The van der Waals surface area contributed by atoms with Gasteiger partial charge in [-0.05, 0) is 66.4 Å². The number of ether oxygens (including phenoxy) is 2. The van der Waals surface area contributed by atoms with Gasteiger partial charge in [0.25, 0.3) is 5.91 Å². The molecule has 0 unspecified atom stereocenters. The van der Waals surface area contributed by atoms with E-state index in [1.807, 2.05) is 0 Å². The molecular formula is C41H45F19N2O6Si. The number of hydrogen-bond acceptors (Lipinski definition) is 6. The van der Waals surface area contributed by atoms with Crippen molar-refractivity contribution in [2.75, 3.05) is 18.5 Å². The van der Waals surface area contributed by atoms with Crippen LogP contribution >= 0.6 is 0 Å². The molecule has 0 fully saturated rings. The third-order valence-corrected chi connectivity index (χ3v) is 16.7. The molecular weight excluding hydrogens is 1010 g/mol. The number of rotatable bonds is 23. The zero-order valence-electron chi connectivity index (χ0n) is 37.0. The average Bonchev–Trinajstić information content (AvgIpc) is 3.22. The highest BCUT2D eigenvalue weighted by atomic mass is 28.4. The fraction of sp³-hybridized carbons (Fsp3) is 0.561. The van der Waals surface area contributed by atoms with Gasteiger partial charge in [-0.15, -0.1) is 0 Å². The molecule has 0 aliphatic heterocycles. The number of allylic oxidation sites excluding steroid dienone is 2. The first-order chi connectivity index (χ1) is 31.1. The van der Waals surface area contributed by atoms with E-state index in [1.54, 1.807) is 13.8 Å². The van der Waals surface area contributed by atoms with E-state index in [1.165, 1.54) is 70.4 Å². The predicted molar refractivity (Wildman–Crippen MR) is 210 cm³/mol. The Morgan fingerprint density at radius 1 is 0.681 bits per heavy atom. The molecule has 3 N–H and O–H groups in total. The molecule has 0 saturated carbocycles. The van der Waals surface area contributed by atoms with Gasteiger partial charge < -0.3 is 13.9 Å². The normalized spacial score (nSPS) is 15.3. The number of benzene rings is 2. The van der Waals surface area contributed by atoms with E-state index in [9.17, 15) is 84.2 Å². The predicted octanol–water partition coefficient (Wildman–Crippen LogP) is 13.8. The summed E-state index contributed by atoms with van der Waals surface area (Å²) in [5, 5.41) is 11.0. The lowest BCUT2D eigenvalue weighted by atomic mass is 9.88. The first kappa shape index (κ1) is 60.4. The minimum absolute atomic E-state index is 0.0266. The van der Waals surface area contributed by atoms with Crippen LogP contribution < -0.4 is 15.5 Å². The van der Waals surface area contributed by atoms with Crippen LogP contribution in [0.5, 0.6) is 5.75 Å². The molecule has 0 radical (unpaired) electrons. The van der Waals surface area contributed by atoms with Gasteiger partial charge >= 0.3 is 53.7 Å². The largest absolute Gasteiger partial charge is 0.491 e. The van der Waals surface area contributed by atoms with E-state index < -0.39 is 134 Å². The van der Waals surface area contributed by atoms with Crippen LogP contribution in [0, 0.1) is 17.6 Å². The summed E-state index contributed by atoms with van der Waals surface area (Å²) in [4.78, 5) is 24.5. The number of hydroxylamine groups is 1. The van der Waals surface area contributed by atoms with Crippen molar-refractivity contribution in [1.82, 2.24) is 5.48 Å². The fourth-order valence-corrected chi connectivity index (χ4v) is 11.3. The SMILES string of the molecule is CC(=C\C(=O)NO)/C=C(\C)[C@@H](C)[C@@H](OC(=O)Nc1ccc(F)cc1F)c1ccc(OCCO[Si](CCC(F)(F)C(F)(F)C(F)(F)C(F)(F)C(F)(F)C(F)(F)C(F)(F)C(F)(F)F)(C(C)C)C(C)C)cc1. The molecule has 2 atom stereocenters. The number of halogens is 19. The summed E-state index contributed by atoms with van der Waals surface area (Å²) in [7, 11) is -4.07. The van der Waals surface area contributed by atoms with Gasteiger partial charge in [0.2, 0.25) is 0 Å². The van der Waals surface area contributed by atoms with Crippen molar-refractivity contribution in [2.45, 2.75) is 126 Å². The Morgan fingerprint density at radius 2 is 1.17 bits per heavy atom. The molecule has 0 bridgehead atoms. The highest BCUT2D eigenvalue weighted by molar-refractivity contribution is 6.76. The van der Waals surface area contributed by atoms with Crippen LogP contribution in [-0.2, 0) is 14.0 Å². The van der Waals surface area contributed by atoms with Gasteiger partial charge in [-0.2, -0.15) is 74.6 Å². The average molecular weight is 1050 g/mol. The van der Waals surface area contributed by atoms with E-state index in [-0.39, 0.29) is 11.3 Å². The van der Waals surface area contributed by atoms with Gasteiger partial charge in [0, 0.05) is 24.5 Å². The number of carbonyl (C=O) groups excluding carboxylic acids is 2. The van der Waals surface area contributed by atoms with Crippen LogP contribution in [0.4, 0.5) is 93.9 Å². The fourth-order valence-electron chi connectivity index (χ4n) is 6.81. The maximum atomic E-state index is 15.0. The van der Waals surface area contributed by atoms with Crippen molar-refractivity contribution in [3.05, 3.63) is 83.0 Å². The zero-order chi connectivity index (χ0) is 53.7. The van der Waals surface area contributed by atoms with E-state index in [0.29, 0.717) is 17.2 Å². The Morgan fingerprint density at radius 3 is 1.64 bits per heavy atom. The number of nitrogens with one attached hydrogen (secondary N) is 2. The number of carbonyl (C=O) groups is 2. The van der Waals surface area contributed by atoms with Crippen molar-refractivity contribution >= 4 is 26.0 Å². The summed E-state index contributed by atoms with van der Waals surface area (Å²) >= 11 is 0. The summed E-state index contributed by atoms with van der Waals surface area (Å²) in [5.41, 5.74) is 0.182. The summed E-state index contributed by atoms with van der Waals surface area (Å²) in [6.45, 7) is 8.72. The van der Waals surface area contributed by atoms with Gasteiger partial charge in [-0.1, -0.05) is 58.4 Å². The van der Waals surface area contributed by atoms with Crippen LogP contribution in [0.3, 0.4) is 0 Å². The van der Waals surface area contributed by atoms with Crippen LogP contribution in [0.2, 0.25) is 17.1 Å². The number of anilines is 1. The second kappa shape index (κ2) is 21.7. The molecule has 0 heterocycles. The van der Waals surface area contributed by atoms with Gasteiger partial charge in [0.05, 0.1) is 12.3 Å². The summed E-state index contributed by atoms with van der Waals surface area (Å²) < 4.78 is 281. The third-order valence-electron chi connectivity index (χ3n) is 11.0. The molecule has 69 heavy (non-hydrogen) atoms. The van der Waals surface area contributed by atoms with Crippen LogP contribution in [0.25, 0.3) is 0 Å². The first-order valence-electron chi connectivity index (χ1n) is 19.9. The molecule has 392 valence electrons. The Labute approximate surface area is 382 Å². The highest BCUT2D eigenvalue weighted by Crippen LogP contribution is 2.64. The van der Waals surface area contributed by atoms with Gasteiger partial charge in [-0.25, -0.2) is 19.1 Å². The molecule has 0 saturated heterocycles. The molecule has 2 rings (SSSR count). The maximum absolute atomic E-state index is 15.0. The van der Waals surface area contributed by atoms with E-state index in [0.717, 1.165) is 18.2 Å². The minimum atomic E-state index is -8.73. The molecule has 8 nitrogen and oxygen atoms in total. The van der Waals surface area contributed by atoms with Gasteiger partial charge in [-0.3, -0.25) is 15.3 Å². The lowest BCUT2D eigenvalue weighted by Gasteiger charge is -2.44. The molecule has 2 amide bonds. The van der Waals surface area contributed by atoms with Crippen molar-refractivity contribution < 1.29 is 112 Å². The van der Waals surface area contributed by atoms with Crippen molar-refractivity contribution in [2.24, 2.45) is 5.92 Å². The lowest BCUT2D eigenvalue weighted by Crippen LogP contribution is -2.74. The molecule has 0 spiro atoms. The van der Waals surface area contributed by atoms with Crippen LogP contribution in [-0.4, -0.2) is 86.4 Å². The molecule has 0 aliphatic rings. The number of alkyl halides is 17. The third kappa shape index (κ3) is 12.4. The number of hydrogen-bond donors (Lipinski definition) is 3. The maximum Gasteiger partial charge on any atom is 0.460 e. The van der Waals surface area contributed by atoms with Crippen LogP contribution in [0.15, 0.2) is 65.8 Å². The highest BCUT2D eigenvalue weighted by Gasteiger charge is 2.95. The molecule has 2 aromatic rings. The van der Waals surface area contributed by atoms with Crippen LogP contribution in [0.1, 0.15) is 66.6 Å². The van der Waals surface area contributed by atoms with E-state index in [4.69, 9.17) is 19.1 Å². The first-order valence-corrected chi connectivity index (χ1v) is 22.2. The quantitative estimate of drug-likeness (QED) is 0.0195. The van der Waals surface area contributed by atoms with Crippen molar-refractivity contribution in [3.63, 3.8) is 0 Å². The summed E-state index contributed by atoms with van der Waals surface area (Å²) in [6.07, 6.45) is -10.3. The zero-order valence-corrected chi connectivity index (χ0v) is 38.0. The lowest BCUT2D eigenvalue weighted by molar-refractivity contribution is -0.461. The Balaban J connectivity index is 2.37. The van der Waals surface area contributed by atoms with E-state index in [2.05, 4.69) is 5.32 Å². The van der Waals surface area contributed by atoms with Crippen molar-refractivity contribution in [1.29, 1.82) is 0 Å². The Bertz CT molecular complexity index is 2140. The monoisotopic (exact) mass is 1050 g/mol. The Hall–Kier alpha value is -4.73. The molecule has 28 heteroatoms. The smallest absolute Gasteiger partial charge is 0.460 e. The topological polar surface area (TPSA) is 106 Å². The second-order valence-corrected chi connectivity index (χ2v) is 21.3. The molecule has 0 aromatic heterocycles. The number of amides is 2. The van der Waals surface area contributed by atoms with Gasteiger partial charge in [0.15, 0.2) is 8.32 Å². The van der Waals surface area contributed by atoms with E-state index >= 15 is 8.78 Å². The van der Waals surface area contributed by atoms with Gasteiger partial charge in [0.1, 0.15) is 30.1 Å². The Kier molecular flexibility index (Phi) is 19.0. The minimum Gasteiger partial charge on any atom is -0.491 e. The summed E-state index contributed by atoms with van der Waals surface area (Å²) in [6, 6.07) is 6.27. The van der Waals surface area contributed by atoms with Crippen molar-refractivity contribution in [3.8, 4) is 5.75 Å². The molecule has 0 aliphatic carbocycles. The summed E-state index contributed by atoms with van der Waals surface area (Å²) in [5.74, 6) is -60.7. The second-order valence-electron chi connectivity index (χ2n) is 16.3.